The number of nitrogens with zero attached hydrogens (tertiary/aromatic N) is 2. The number of aromatic nitrogens is 1. The van der Waals surface area contributed by atoms with Crippen LogP contribution in [0.25, 0.3) is 0 Å². The Morgan fingerprint density at radius 2 is 1.96 bits per heavy atom. The van der Waals surface area contributed by atoms with Crippen molar-refractivity contribution >= 4 is 17.3 Å². The number of benzene rings is 1. The number of methoxy groups -OCH3 is 1. The number of unbranched alkanes of at least 4 members (excludes halogenated alkanes) is 1. The highest BCUT2D eigenvalue weighted by Crippen LogP contribution is 2.19. The lowest BCUT2D eigenvalue weighted by atomic mass is 10.1. The molecule has 0 aliphatic heterocycles. The van der Waals surface area contributed by atoms with E-state index in [1.807, 2.05) is 13.0 Å². The molecule has 0 aliphatic rings. The summed E-state index contributed by atoms with van der Waals surface area (Å²) in [5.41, 5.74) is 3.59. The van der Waals surface area contributed by atoms with Gasteiger partial charge in [-0.1, -0.05) is 17.7 Å². The molecule has 26 heavy (non-hydrogen) atoms. The molecule has 5 nitrogen and oxygen atoms in total. The lowest BCUT2D eigenvalue weighted by Crippen LogP contribution is -2.38. The minimum Gasteiger partial charge on any atom is -0.496 e. The smallest absolute Gasteiger partial charge is 0.190 e. The molecule has 1 heterocycles. The molecule has 0 fully saturated rings. The van der Waals surface area contributed by atoms with E-state index in [1.165, 1.54) is 16.1 Å². The maximum Gasteiger partial charge on any atom is 0.190 e. The fourth-order valence-corrected chi connectivity index (χ4v) is 3.58. The SMILES string of the molecule is CN=C(NCCCCc1nc(C)cs1)NCCc1cc(C)ccc1OC. The largest absolute Gasteiger partial charge is 0.496 e. The van der Waals surface area contributed by atoms with Crippen LogP contribution in [0.4, 0.5) is 0 Å². The molecule has 0 radical (unpaired) electrons. The van der Waals surface area contributed by atoms with Gasteiger partial charge in [0.25, 0.3) is 0 Å². The van der Waals surface area contributed by atoms with E-state index < -0.39 is 0 Å². The maximum atomic E-state index is 5.44. The third-order valence-electron chi connectivity index (χ3n) is 4.12. The highest BCUT2D eigenvalue weighted by atomic mass is 32.1. The van der Waals surface area contributed by atoms with E-state index >= 15 is 0 Å². The second-order valence-corrected chi connectivity index (χ2v) is 7.27. The predicted octanol–water partition coefficient (Wildman–Crippen LogP) is 3.50. The fraction of sp³-hybridized carbons (Fsp3) is 0.500. The van der Waals surface area contributed by atoms with Gasteiger partial charge in [-0.15, -0.1) is 11.3 Å². The zero-order chi connectivity index (χ0) is 18.8. The molecule has 6 heteroatoms. The Labute approximate surface area is 160 Å². The summed E-state index contributed by atoms with van der Waals surface area (Å²) in [6, 6.07) is 6.28. The van der Waals surface area contributed by atoms with Gasteiger partial charge in [-0.3, -0.25) is 4.99 Å². The van der Waals surface area contributed by atoms with E-state index in [9.17, 15) is 0 Å². The zero-order valence-corrected chi connectivity index (χ0v) is 17.1. The Morgan fingerprint density at radius 1 is 1.15 bits per heavy atom. The summed E-state index contributed by atoms with van der Waals surface area (Å²) in [6.07, 6.45) is 4.19. The van der Waals surface area contributed by atoms with Crippen molar-refractivity contribution in [3.63, 3.8) is 0 Å². The molecule has 0 aliphatic carbocycles. The van der Waals surface area contributed by atoms with Gasteiger partial charge < -0.3 is 15.4 Å². The van der Waals surface area contributed by atoms with E-state index in [4.69, 9.17) is 4.74 Å². The Bertz CT molecular complexity index is 712. The predicted molar refractivity (Wildman–Crippen MR) is 111 cm³/mol. The van der Waals surface area contributed by atoms with Crippen molar-refractivity contribution < 1.29 is 4.74 Å². The van der Waals surface area contributed by atoms with Crippen LogP contribution in [0, 0.1) is 13.8 Å². The Morgan fingerprint density at radius 3 is 2.65 bits per heavy atom. The Kier molecular flexibility index (Phi) is 8.41. The highest BCUT2D eigenvalue weighted by Gasteiger charge is 2.04. The molecule has 0 bridgehead atoms. The number of thiazole rings is 1. The summed E-state index contributed by atoms with van der Waals surface area (Å²) in [4.78, 5) is 8.79. The molecule has 2 N–H and O–H groups in total. The van der Waals surface area contributed by atoms with Crippen LogP contribution in [0.3, 0.4) is 0 Å². The van der Waals surface area contributed by atoms with Crippen LogP contribution in [0.15, 0.2) is 28.6 Å². The molecule has 142 valence electrons. The molecule has 1 aromatic heterocycles. The van der Waals surface area contributed by atoms with Crippen LogP contribution in [0.5, 0.6) is 5.75 Å². The molecule has 1 aromatic carbocycles. The van der Waals surface area contributed by atoms with Crippen LogP contribution < -0.4 is 15.4 Å². The van der Waals surface area contributed by atoms with Crippen molar-refractivity contribution in [1.82, 2.24) is 15.6 Å². The summed E-state index contributed by atoms with van der Waals surface area (Å²) in [6.45, 7) is 5.88. The summed E-state index contributed by atoms with van der Waals surface area (Å²) in [5, 5.41) is 10.1. The van der Waals surface area contributed by atoms with Crippen molar-refractivity contribution in [3.05, 3.63) is 45.4 Å². The van der Waals surface area contributed by atoms with E-state index in [2.05, 4.69) is 45.0 Å². The molecule has 2 aromatic rings. The van der Waals surface area contributed by atoms with Gasteiger partial charge in [-0.25, -0.2) is 4.98 Å². The number of hydrogen-bond acceptors (Lipinski definition) is 4. The van der Waals surface area contributed by atoms with Gasteiger partial charge >= 0.3 is 0 Å². The number of ether oxygens (including phenoxy) is 1. The highest BCUT2D eigenvalue weighted by molar-refractivity contribution is 7.09. The van der Waals surface area contributed by atoms with Gasteiger partial charge in [-0.2, -0.15) is 0 Å². The number of aliphatic imine (C=N–C) groups is 1. The van der Waals surface area contributed by atoms with Gasteiger partial charge in [0.1, 0.15) is 5.75 Å². The fourth-order valence-electron chi connectivity index (χ4n) is 2.76. The van der Waals surface area contributed by atoms with Gasteiger partial charge in [0.15, 0.2) is 5.96 Å². The number of aryl methyl sites for hydroxylation is 3. The van der Waals surface area contributed by atoms with E-state index in [0.29, 0.717) is 0 Å². The molecule has 0 atom stereocenters. The standard InChI is InChI=1S/C20H30N4OS/c1-15-8-9-18(25-4)17(13-15)10-12-23-20(21-3)22-11-6-5-7-19-24-16(2)14-26-19/h8-9,13-14H,5-7,10-12H2,1-4H3,(H2,21,22,23). The van der Waals surface area contributed by atoms with Crippen molar-refractivity contribution in [2.24, 2.45) is 4.99 Å². The molecule has 0 unspecified atom stereocenters. The van der Waals surface area contributed by atoms with Crippen LogP contribution in [-0.2, 0) is 12.8 Å². The van der Waals surface area contributed by atoms with Gasteiger partial charge in [0.2, 0.25) is 0 Å². The average molecular weight is 375 g/mol. The first kappa shape index (κ1) is 20.2. The minimum atomic E-state index is 0.817. The number of nitrogens with one attached hydrogen (secondary N) is 2. The van der Waals surface area contributed by atoms with Crippen molar-refractivity contribution in [1.29, 1.82) is 0 Å². The Hall–Kier alpha value is -2.08. The van der Waals surface area contributed by atoms with Crippen LogP contribution >= 0.6 is 11.3 Å². The maximum absolute atomic E-state index is 5.44. The number of hydrogen-bond donors (Lipinski definition) is 2. The molecular formula is C20H30N4OS. The summed E-state index contributed by atoms with van der Waals surface area (Å²) in [7, 11) is 3.52. The summed E-state index contributed by atoms with van der Waals surface area (Å²) in [5.74, 6) is 1.79. The number of guanidine groups is 1. The molecule has 0 spiro atoms. The van der Waals surface area contributed by atoms with Crippen LogP contribution in [0.1, 0.15) is 34.7 Å². The first-order valence-electron chi connectivity index (χ1n) is 9.11. The monoisotopic (exact) mass is 374 g/mol. The lowest BCUT2D eigenvalue weighted by molar-refractivity contribution is 0.409. The molecular weight excluding hydrogens is 344 g/mol. The lowest BCUT2D eigenvalue weighted by Gasteiger charge is -2.13. The molecule has 2 rings (SSSR count). The topological polar surface area (TPSA) is 58.5 Å². The van der Waals surface area contributed by atoms with E-state index in [1.54, 1.807) is 25.5 Å². The first-order chi connectivity index (χ1) is 12.6. The normalized spacial score (nSPS) is 11.5. The third-order valence-corrected chi connectivity index (χ3v) is 5.15. The Balaban J connectivity index is 1.65. The quantitative estimate of drug-likeness (QED) is 0.401. The second-order valence-electron chi connectivity index (χ2n) is 6.33. The van der Waals surface area contributed by atoms with Gasteiger partial charge in [0.05, 0.1) is 12.1 Å². The first-order valence-corrected chi connectivity index (χ1v) is 9.99. The van der Waals surface area contributed by atoms with Crippen molar-refractivity contribution in [2.75, 3.05) is 27.2 Å². The van der Waals surface area contributed by atoms with E-state index in [-0.39, 0.29) is 0 Å². The van der Waals surface area contributed by atoms with Crippen molar-refractivity contribution in [3.8, 4) is 5.75 Å². The van der Waals surface area contributed by atoms with Gasteiger partial charge in [0, 0.05) is 31.2 Å². The average Bonchev–Trinajstić information content (AvgIpc) is 3.05. The second kappa shape index (κ2) is 10.8. The van der Waals surface area contributed by atoms with Crippen LogP contribution in [0.2, 0.25) is 0 Å². The number of rotatable bonds is 9. The summed E-state index contributed by atoms with van der Waals surface area (Å²) >= 11 is 1.75. The van der Waals surface area contributed by atoms with E-state index in [0.717, 1.165) is 56.2 Å². The van der Waals surface area contributed by atoms with Crippen LogP contribution in [-0.4, -0.2) is 38.2 Å². The third kappa shape index (κ3) is 6.67. The molecule has 0 amide bonds. The molecule has 0 saturated heterocycles. The van der Waals surface area contributed by atoms with Crippen molar-refractivity contribution in [2.45, 2.75) is 39.5 Å². The van der Waals surface area contributed by atoms with Gasteiger partial charge in [-0.05, 0) is 51.2 Å². The zero-order valence-electron chi connectivity index (χ0n) is 16.3. The molecule has 0 saturated carbocycles. The minimum absolute atomic E-state index is 0.817. The summed E-state index contributed by atoms with van der Waals surface area (Å²) < 4.78 is 5.44.